The highest BCUT2D eigenvalue weighted by molar-refractivity contribution is 4.63. The third-order valence-corrected chi connectivity index (χ3v) is 0.524. The molecule has 1 radical (unpaired) electrons. The minimum absolute atomic E-state index is 0.648. The molecule has 0 aliphatic heterocycles. The maximum Gasteiger partial charge on any atom is 0.0644 e. The van der Waals surface area contributed by atoms with Gasteiger partial charge >= 0.3 is 0 Å². The first-order valence-electron chi connectivity index (χ1n) is 2.39. The van der Waals surface area contributed by atoms with Gasteiger partial charge in [-0.3, -0.25) is 0 Å². The van der Waals surface area contributed by atoms with Crippen LogP contribution in [0, 0.1) is 6.92 Å². The molecule has 0 saturated heterocycles. The number of hydrogen-bond donors (Lipinski definition) is 0. The Morgan fingerprint density at radius 3 is 2.71 bits per heavy atom. The summed E-state index contributed by atoms with van der Waals surface area (Å²) in [5, 5.41) is 0. The van der Waals surface area contributed by atoms with E-state index < -0.39 is 0 Å². The van der Waals surface area contributed by atoms with Gasteiger partial charge in [0.1, 0.15) is 0 Å². The second-order valence-corrected chi connectivity index (χ2v) is 1.22. The van der Waals surface area contributed by atoms with E-state index in [1.54, 1.807) is 6.08 Å². The predicted octanol–water partition coefficient (Wildman–Crippen LogP) is 1.41. The Balaban J connectivity index is 2.56. The van der Waals surface area contributed by atoms with Crippen molar-refractivity contribution in [1.82, 2.24) is 0 Å². The number of hydrogen-bond acceptors (Lipinski definition) is 1. The Labute approximate surface area is 45.0 Å². The van der Waals surface area contributed by atoms with E-state index in [0.717, 1.165) is 13.0 Å². The summed E-state index contributed by atoms with van der Waals surface area (Å²) in [6.07, 6.45) is 2.57. The van der Waals surface area contributed by atoms with Gasteiger partial charge in [-0.05, 0) is 6.42 Å². The van der Waals surface area contributed by atoms with Gasteiger partial charge in [0.25, 0.3) is 0 Å². The second kappa shape index (κ2) is 5.70. The molecule has 0 rings (SSSR count). The van der Waals surface area contributed by atoms with Crippen molar-refractivity contribution in [3.05, 3.63) is 19.6 Å². The van der Waals surface area contributed by atoms with Crippen LogP contribution >= 0.6 is 0 Å². The van der Waals surface area contributed by atoms with Crippen LogP contribution in [0.4, 0.5) is 0 Å². The van der Waals surface area contributed by atoms with E-state index in [1.807, 2.05) is 0 Å². The van der Waals surface area contributed by atoms with E-state index in [0.29, 0.717) is 6.61 Å². The van der Waals surface area contributed by atoms with Crippen molar-refractivity contribution in [3.8, 4) is 0 Å². The quantitative estimate of drug-likeness (QED) is 0.382. The Morgan fingerprint density at radius 1 is 1.57 bits per heavy atom. The van der Waals surface area contributed by atoms with Crippen LogP contribution < -0.4 is 0 Å². The van der Waals surface area contributed by atoms with E-state index in [9.17, 15) is 0 Å². The van der Waals surface area contributed by atoms with Gasteiger partial charge in [0.15, 0.2) is 0 Å². The van der Waals surface area contributed by atoms with Gasteiger partial charge in [0.05, 0.1) is 6.61 Å². The molecule has 0 unspecified atom stereocenters. The van der Waals surface area contributed by atoms with E-state index in [-0.39, 0.29) is 0 Å². The van der Waals surface area contributed by atoms with Crippen LogP contribution in [-0.4, -0.2) is 13.2 Å². The van der Waals surface area contributed by atoms with Crippen LogP contribution in [0.15, 0.2) is 12.7 Å². The zero-order valence-electron chi connectivity index (χ0n) is 4.52. The molecule has 41 valence electrons. The lowest BCUT2D eigenvalue weighted by Crippen LogP contribution is -1.90. The lowest BCUT2D eigenvalue weighted by Gasteiger charge is -1.92. The first kappa shape index (κ1) is 6.70. The molecule has 0 aliphatic carbocycles. The van der Waals surface area contributed by atoms with Gasteiger partial charge in [-0.1, -0.05) is 13.0 Å². The van der Waals surface area contributed by atoms with Gasteiger partial charge in [-0.25, -0.2) is 0 Å². The summed E-state index contributed by atoms with van der Waals surface area (Å²) >= 11 is 0. The predicted molar refractivity (Wildman–Crippen MR) is 31.0 cm³/mol. The SMILES string of the molecule is [CH2]CCOCC=C. The molecule has 0 spiro atoms. The van der Waals surface area contributed by atoms with Gasteiger partial charge in [-0.2, -0.15) is 0 Å². The maximum atomic E-state index is 4.95. The van der Waals surface area contributed by atoms with Crippen molar-refractivity contribution in [1.29, 1.82) is 0 Å². The van der Waals surface area contributed by atoms with Crippen LogP contribution in [0.1, 0.15) is 6.42 Å². The highest BCUT2D eigenvalue weighted by atomic mass is 16.5. The van der Waals surface area contributed by atoms with Crippen LogP contribution in [-0.2, 0) is 4.74 Å². The molecule has 0 atom stereocenters. The fraction of sp³-hybridized carbons (Fsp3) is 0.500. The second-order valence-electron chi connectivity index (χ2n) is 1.22. The van der Waals surface area contributed by atoms with Gasteiger partial charge in [0.2, 0.25) is 0 Å². The molecular formula is C6H11O. The Morgan fingerprint density at radius 2 is 2.29 bits per heavy atom. The van der Waals surface area contributed by atoms with Crippen LogP contribution in [0.2, 0.25) is 0 Å². The lowest BCUT2D eigenvalue weighted by molar-refractivity contribution is 0.167. The average Bonchev–Trinajstić information content (AvgIpc) is 1.69. The third kappa shape index (κ3) is 5.70. The third-order valence-electron chi connectivity index (χ3n) is 0.524. The minimum atomic E-state index is 0.648. The van der Waals surface area contributed by atoms with Crippen molar-refractivity contribution >= 4 is 0 Å². The van der Waals surface area contributed by atoms with Crippen molar-refractivity contribution < 1.29 is 4.74 Å². The zero-order valence-corrected chi connectivity index (χ0v) is 4.52. The first-order valence-corrected chi connectivity index (χ1v) is 2.39. The van der Waals surface area contributed by atoms with Crippen LogP contribution in [0.25, 0.3) is 0 Å². The average molecular weight is 99.2 g/mol. The smallest absolute Gasteiger partial charge is 0.0644 e. The molecule has 7 heavy (non-hydrogen) atoms. The molecule has 0 saturated carbocycles. The molecule has 0 aromatic rings. The Bertz CT molecular complexity index is 41.4. The summed E-state index contributed by atoms with van der Waals surface area (Å²) in [4.78, 5) is 0. The molecule has 1 nitrogen and oxygen atoms in total. The molecule has 0 aromatic carbocycles. The molecule has 0 aromatic heterocycles. The molecule has 1 heteroatoms. The largest absolute Gasteiger partial charge is 0.377 e. The van der Waals surface area contributed by atoms with Crippen LogP contribution in [0.3, 0.4) is 0 Å². The number of rotatable bonds is 4. The van der Waals surface area contributed by atoms with E-state index in [1.165, 1.54) is 0 Å². The highest BCUT2D eigenvalue weighted by Crippen LogP contribution is 1.77. The van der Waals surface area contributed by atoms with E-state index in [4.69, 9.17) is 4.74 Å². The van der Waals surface area contributed by atoms with Crippen molar-refractivity contribution in [2.24, 2.45) is 0 Å². The molecule has 0 amide bonds. The Kier molecular flexibility index (Phi) is 5.46. The lowest BCUT2D eigenvalue weighted by atomic mass is 10.5. The fourth-order valence-corrected chi connectivity index (χ4v) is 0.269. The molecule has 0 N–H and O–H groups in total. The highest BCUT2D eigenvalue weighted by Gasteiger charge is 1.75. The monoisotopic (exact) mass is 99.1 g/mol. The summed E-state index contributed by atoms with van der Waals surface area (Å²) in [5.74, 6) is 0. The van der Waals surface area contributed by atoms with E-state index in [2.05, 4.69) is 13.5 Å². The molecule has 0 heterocycles. The fourth-order valence-electron chi connectivity index (χ4n) is 0.269. The van der Waals surface area contributed by atoms with Gasteiger partial charge < -0.3 is 4.74 Å². The van der Waals surface area contributed by atoms with E-state index >= 15 is 0 Å². The Hall–Kier alpha value is -0.300. The first-order chi connectivity index (χ1) is 3.41. The standard InChI is InChI=1S/C6H11O/c1-3-5-7-6-4-2/h3H,1-2,4-6H2. The molecular weight excluding hydrogens is 88.1 g/mol. The summed E-state index contributed by atoms with van der Waals surface area (Å²) in [5.41, 5.74) is 0. The molecule has 0 fully saturated rings. The summed E-state index contributed by atoms with van der Waals surface area (Å²) in [6, 6.07) is 0. The molecule has 0 aliphatic rings. The van der Waals surface area contributed by atoms with Crippen molar-refractivity contribution in [2.75, 3.05) is 13.2 Å². The van der Waals surface area contributed by atoms with Crippen molar-refractivity contribution in [2.45, 2.75) is 6.42 Å². The summed E-state index contributed by atoms with van der Waals surface area (Å²) in [6.45, 7) is 8.48. The van der Waals surface area contributed by atoms with Crippen molar-refractivity contribution in [3.63, 3.8) is 0 Å². The van der Waals surface area contributed by atoms with Crippen LogP contribution in [0.5, 0.6) is 0 Å². The van der Waals surface area contributed by atoms with Gasteiger partial charge in [0, 0.05) is 6.61 Å². The van der Waals surface area contributed by atoms with Gasteiger partial charge in [-0.15, -0.1) is 6.58 Å². The summed E-state index contributed by atoms with van der Waals surface area (Å²) < 4.78 is 4.95. The minimum Gasteiger partial charge on any atom is -0.377 e. The maximum absolute atomic E-state index is 4.95. The number of ether oxygens (including phenoxy) is 1. The molecule has 0 bridgehead atoms. The normalized spacial score (nSPS) is 8.71. The zero-order chi connectivity index (χ0) is 5.54. The topological polar surface area (TPSA) is 9.23 Å². The summed E-state index contributed by atoms with van der Waals surface area (Å²) in [7, 11) is 0.